The largest absolute Gasteiger partial charge is 0.0654 e. The molecule has 1 atom stereocenters. The minimum absolute atomic E-state index is 0.714. The molecule has 0 aliphatic heterocycles. The van der Waals surface area contributed by atoms with Gasteiger partial charge < -0.3 is 0 Å². The summed E-state index contributed by atoms with van der Waals surface area (Å²) in [5, 5.41) is 0. The lowest BCUT2D eigenvalue weighted by Gasteiger charge is -2.11. The van der Waals surface area contributed by atoms with E-state index in [9.17, 15) is 0 Å². The van der Waals surface area contributed by atoms with Gasteiger partial charge in [0.1, 0.15) is 0 Å². The van der Waals surface area contributed by atoms with Gasteiger partial charge in [0.15, 0.2) is 0 Å². The van der Waals surface area contributed by atoms with E-state index >= 15 is 0 Å². The van der Waals surface area contributed by atoms with E-state index in [1.54, 1.807) is 0 Å². The van der Waals surface area contributed by atoms with Crippen LogP contribution in [0.2, 0.25) is 0 Å². The lowest BCUT2D eigenvalue weighted by Crippen LogP contribution is -1.95. The fourth-order valence-electron chi connectivity index (χ4n) is 8.93. The molecule has 1 radical (unpaired) electrons. The highest BCUT2D eigenvalue weighted by Gasteiger charge is 2.03. The molecule has 0 aromatic carbocycles. The van der Waals surface area contributed by atoms with E-state index in [0.29, 0.717) is 5.92 Å². The summed E-state index contributed by atoms with van der Waals surface area (Å²) in [5.41, 5.74) is 0. The van der Waals surface area contributed by atoms with Gasteiger partial charge in [-0.25, -0.2) is 0 Å². The van der Waals surface area contributed by atoms with Crippen LogP contribution in [0.1, 0.15) is 335 Å². The topological polar surface area (TPSA) is 0 Å². The molecule has 0 saturated heterocycles. The van der Waals surface area contributed by atoms with Crippen molar-refractivity contribution >= 4 is 0 Å². The van der Waals surface area contributed by atoms with Gasteiger partial charge in [-0.05, 0) is 5.92 Å². The van der Waals surface area contributed by atoms with E-state index in [1.165, 1.54) is 321 Å². The number of hydrogen-bond donors (Lipinski definition) is 0. The molecule has 54 heavy (non-hydrogen) atoms. The minimum atomic E-state index is 0.714. The van der Waals surface area contributed by atoms with E-state index < -0.39 is 0 Å². The summed E-state index contributed by atoms with van der Waals surface area (Å²) in [6.45, 7) is 9.09. The molecule has 0 spiro atoms. The van der Waals surface area contributed by atoms with Crippen LogP contribution in [-0.2, 0) is 0 Å². The second kappa shape index (κ2) is 51.0. The molecular weight excluding hydrogens is 649 g/mol. The molecule has 0 heteroatoms. The predicted octanol–water partition coefficient (Wildman–Crippen LogP) is 21.0. The van der Waals surface area contributed by atoms with Crippen LogP contribution in [0.15, 0.2) is 0 Å². The van der Waals surface area contributed by atoms with E-state index in [4.69, 9.17) is 0 Å². The average Bonchev–Trinajstić information content (AvgIpc) is 3.18. The van der Waals surface area contributed by atoms with Crippen LogP contribution in [0.4, 0.5) is 0 Å². The van der Waals surface area contributed by atoms with Crippen LogP contribution >= 0.6 is 0 Å². The van der Waals surface area contributed by atoms with Crippen LogP contribution in [0.3, 0.4) is 0 Å². The van der Waals surface area contributed by atoms with Gasteiger partial charge in [-0.3, -0.25) is 0 Å². The molecule has 0 aliphatic carbocycles. The van der Waals surface area contributed by atoms with E-state index in [2.05, 4.69) is 20.8 Å². The van der Waals surface area contributed by atoms with Crippen LogP contribution in [-0.4, -0.2) is 0 Å². The van der Waals surface area contributed by atoms with Gasteiger partial charge in [0.2, 0.25) is 0 Å². The second-order valence-electron chi connectivity index (χ2n) is 18.7. The highest BCUT2D eigenvalue weighted by atomic mass is 14.1. The molecule has 325 valence electrons. The first-order valence-corrected chi connectivity index (χ1v) is 26.6. The van der Waals surface area contributed by atoms with Gasteiger partial charge in [0, 0.05) is 0 Å². The quantitative estimate of drug-likeness (QED) is 0.0542. The zero-order valence-corrected chi connectivity index (χ0v) is 38.6. The van der Waals surface area contributed by atoms with Crippen LogP contribution in [0.25, 0.3) is 0 Å². The highest BCUT2D eigenvalue weighted by molar-refractivity contribution is 4.62. The van der Waals surface area contributed by atoms with Crippen molar-refractivity contribution in [3.8, 4) is 0 Å². The van der Waals surface area contributed by atoms with Crippen molar-refractivity contribution < 1.29 is 0 Å². The normalized spacial score (nSPS) is 12.3. The highest BCUT2D eigenvalue weighted by Crippen LogP contribution is 2.20. The zero-order chi connectivity index (χ0) is 38.9. The van der Waals surface area contributed by atoms with E-state index in [1.807, 2.05) is 0 Å². The molecule has 0 aromatic rings. The maximum absolute atomic E-state index is 4.47. The smallest absolute Gasteiger partial charge is 0.0414 e. The lowest BCUT2D eigenvalue weighted by molar-refractivity contribution is 0.459. The molecule has 0 amide bonds. The molecule has 0 nitrogen and oxygen atoms in total. The standard InChI is InChI=1S/C54H109/c1-4-6-8-10-12-14-16-18-19-20-21-22-23-24-25-26-27-28-29-30-31-32-33-34-35-36-37-38-39-40-41-43-45-47-49-51-53-54(3)52-50-48-46-44-42-17-15-13-11-9-7-5-2/h54H,3-53H2,1-2H3. The molecule has 0 aliphatic rings. The Kier molecular flexibility index (Phi) is 51.0. The third kappa shape index (κ3) is 50.0. The molecule has 0 N–H and O–H groups in total. The molecule has 0 heterocycles. The number of rotatable bonds is 50. The maximum atomic E-state index is 4.47. The van der Waals surface area contributed by atoms with Crippen molar-refractivity contribution in [3.05, 3.63) is 6.92 Å². The molecule has 0 rings (SSSR count). The Morgan fingerprint density at radius 1 is 0.185 bits per heavy atom. The first-order valence-electron chi connectivity index (χ1n) is 26.6. The predicted molar refractivity (Wildman–Crippen MR) is 251 cm³/mol. The second-order valence-corrected chi connectivity index (χ2v) is 18.7. The van der Waals surface area contributed by atoms with Gasteiger partial charge in [-0.1, -0.05) is 342 Å². The molecule has 1 unspecified atom stereocenters. The summed E-state index contributed by atoms with van der Waals surface area (Å²) < 4.78 is 0. The summed E-state index contributed by atoms with van der Waals surface area (Å²) >= 11 is 0. The fourth-order valence-corrected chi connectivity index (χ4v) is 8.93. The van der Waals surface area contributed by atoms with Gasteiger partial charge in [-0.2, -0.15) is 0 Å². The summed E-state index contributed by atoms with van der Waals surface area (Å²) in [6, 6.07) is 0. The Morgan fingerprint density at radius 3 is 0.426 bits per heavy atom. The summed E-state index contributed by atoms with van der Waals surface area (Å²) in [4.78, 5) is 0. The average molecular weight is 758 g/mol. The van der Waals surface area contributed by atoms with E-state index in [0.717, 1.165) is 0 Å². The van der Waals surface area contributed by atoms with Gasteiger partial charge in [0.05, 0.1) is 0 Å². The molecule has 0 aromatic heterocycles. The number of unbranched alkanes of at least 4 members (excludes halogenated alkanes) is 46. The van der Waals surface area contributed by atoms with Crippen LogP contribution < -0.4 is 0 Å². The first kappa shape index (κ1) is 54.0. The summed E-state index contributed by atoms with van der Waals surface area (Å²) in [5.74, 6) is 0.714. The van der Waals surface area contributed by atoms with Crippen molar-refractivity contribution in [1.82, 2.24) is 0 Å². The van der Waals surface area contributed by atoms with Gasteiger partial charge in [-0.15, -0.1) is 0 Å². The van der Waals surface area contributed by atoms with Crippen molar-refractivity contribution in [2.24, 2.45) is 5.92 Å². The van der Waals surface area contributed by atoms with Gasteiger partial charge in [0.25, 0.3) is 0 Å². The first-order chi connectivity index (χ1) is 26.8. The van der Waals surface area contributed by atoms with Crippen molar-refractivity contribution in [2.75, 3.05) is 0 Å². The molecule has 0 fully saturated rings. The summed E-state index contributed by atoms with van der Waals surface area (Å²) in [6.07, 6.45) is 73.5. The third-order valence-corrected chi connectivity index (χ3v) is 12.9. The monoisotopic (exact) mass is 758 g/mol. The Hall–Kier alpha value is 0. The Morgan fingerprint density at radius 2 is 0.296 bits per heavy atom. The van der Waals surface area contributed by atoms with Crippen molar-refractivity contribution in [2.45, 2.75) is 335 Å². The molecule has 0 bridgehead atoms. The van der Waals surface area contributed by atoms with E-state index in [-0.39, 0.29) is 0 Å². The molecular formula is C54H109. The third-order valence-electron chi connectivity index (χ3n) is 12.9. The Labute approximate surface area is 346 Å². The lowest BCUT2D eigenvalue weighted by atomic mass is 9.95. The summed E-state index contributed by atoms with van der Waals surface area (Å²) in [7, 11) is 0. The molecule has 0 saturated carbocycles. The van der Waals surface area contributed by atoms with Gasteiger partial charge >= 0.3 is 0 Å². The minimum Gasteiger partial charge on any atom is -0.0654 e. The fraction of sp³-hybridized carbons (Fsp3) is 0.981. The van der Waals surface area contributed by atoms with Crippen molar-refractivity contribution in [3.63, 3.8) is 0 Å². The SMILES string of the molecule is [CH2]C(CCCCCCCCCCCCCC)CCCCCCCCCCCCCCCCCCCCCCCCCCCCCCCCCCCCCC. The van der Waals surface area contributed by atoms with Crippen LogP contribution in [0, 0.1) is 12.8 Å². The van der Waals surface area contributed by atoms with Crippen molar-refractivity contribution in [1.29, 1.82) is 0 Å². The zero-order valence-electron chi connectivity index (χ0n) is 38.6. The Bertz CT molecular complexity index is 607. The number of hydrogen-bond acceptors (Lipinski definition) is 0. The Balaban J connectivity index is 3.11. The van der Waals surface area contributed by atoms with Crippen LogP contribution in [0.5, 0.6) is 0 Å². The maximum Gasteiger partial charge on any atom is -0.0414 e.